The maximum absolute atomic E-state index is 12.7. The van der Waals surface area contributed by atoms with Gasteiger partial charge in [-0.1, -0.05) is 12.1 Å². The number of carboxylic acid groups (broad SMARTS) is 1. The number of ether oxygens (including phenoxy) is 2. The molecule has 1 N–H and O–H groups in total. The Morgan fingerprint density at radius 2 is 1.58 bits per heavy atom. The van der Waals surface area contributed by atoms with Crippen LogP contribution < -0.4 is 14.4 Å². The molecule has 26 heavy (non-hydrogen) atoms. The molecule has 7 heteroatoms. The number of hydrogen-bond donors (Lipinski definition) is 1. The Morgan fingerprint density at radius 1 is 1.04 bits per heavy atom. The van der Waals surface area contributed by atoms with Crippen molar-refractivity contribution >= 4 is 29.3 Å². The quantitative estimate of drug-likeness (QED) is 0.868. The second-order valence-electron chi connectivity index (χ2n) is 5.75. The first-order valence-corrected chi connectivity index (χ1v) is 9.04. The van der Waals surface area contributed by atoms with Gasteiger partial charge in [0.05, 0.1) is 26.0 Å². The number of carbonyl (C=O) groups is 2. The molecule has 3 rings (SSSR count). The minimum absolute atomic E-state index is 0.121. The number of methoxy groups -OCH3 is 2. The summed E-state index contributed by atoms with van der Waals surface area (Å²) in [6.45, 7) is 0. The highest BCUT2D eigenvalue weighted by molar-refractivity contribution is 8.01. The van der Waals surface area contributed by atoms with Gasteiger partial charge in [-0.15, -0.1) is 11.8 Å². The number of carbonyl (C=O) groups excluding carboxylic acids is 1. The van der Waals surface area contributed by atoms with Crippen molar-refractivity contribution in [2.45, 2.75) is 11.3 Å². The van der Waals surface area contributed by atoms with Crippen LogP contribution in [0, 0.1) is 0 Å². The lowest BCUT2D eigenvalue weighted by Crippen LogP contribution is -2.48. The van der Waals surface area contributed by atoms with Crippen molar-refractivity contribution in [3.63, 3.8) is 0 Å². The highest BCUT2D eigenvalue weighted by atomic mass is 32.2. The van der Waals surface area contributed by atoms with E-state index in [4.69, 9.17) is 9.47 Å². The van der Waals surface area contributed by atoms with Crippen LogP contribution in [0.15, 0.2) is 48.5 Å². The Morgan fingerprint density at radius 3 is 2.08 bits per heavy atom. The number of amides is 1. The van der Waals surface area contributed by atoms with E-state index in [1.807, 2.05) is 0 Å². The van der Waals surface area contributed by atoms with Crippen LogP contribution in [0.3, 0.4) is 0 Å². The molecule has 1 saturated heterocycles. The maximum Gasteiger partial charge on any atom is 0.319 e. The summed E-state index contributed by atoms with van der Waals surface area (Å²) in [7, 11) is 3.14. The lowest BCUT2D eigenvalue weighted by atomic mass is 9.99. The van der Waals surface area contributed by atoms with E-state index in [1.54, 1.807) is 67.7 Å². The molecule has 1 heterocycles. The minimum Gasteiger partial charge on any atom is -0.497 e. The molecule has 0 spiro atoms. The lowest BCUT2D eigenvalue weighted by Gasteiger charge is -2.39. The summed E-state index contributed by atoms with van der Waals surface area (Å²) in [5.41, 5.74) is 1.39. The number of thioether (sulfide) groups is 1. The molecule has 1 amide bonds. The Bertz CT molecular complexity index is 791. The predicted molar refractivity (Wildman–Crippen MR) is 100 cm³/mol. The minimum atomic E-state index is -0.943. The van der Waals surface area contributed by atoms with E-state index in [1.165, 1.54) is 0 Å². The van der Waals surface area contributed by atoms with Crippen molar-refractivity contribution < 1.29 is 24.2 Å². The third-order valence-electron chi connectivity index (χ3n) is 4.27. The van der Waals surface area contributed by atoms with Crippen LogP contribution in [-0.2, 0) is 9.59 Å². The molecule has 2 atom stereocenters. The normalized spacial score (nSPS) is 19.9. The summed E-state index contributed by atoms with van der Waals surface area (Å²) in [6.07, 6.45) is 0. The van der Waals surface area contributed by atoms with Gasteiger partial charge in [0, 0.05) is 5.69 Å². The van der Waals surface area contributed by atoms with Crippen LogP contribution in [0.2, 0.25) is 0 Å². The second kappa shape index (κ2) is 7.70. The van der Waals surface area contributed by atoms with Gasteiger partial charge < -0.3 is 19.5 Å². The lowest BCUT2D eigenvalue weighted by molar-refractivity contribution is -0.137. The average Bonchev–Trinajstić information content (AvgIpc) is 2.67. The van der Waals surface area contributed by atoms with Crippen molar-refractivity contribution in [1.82, 2.24) is 0 Å². The SMILES string of the molecule is COc1ccc([C@@H]2[C@@H](C(=O)O)SCC(=O)N2c2ccc(OC)cc2)cc1. The van der Waals surface area contributed by atoms with Crippen molar-refractivity contribution in [2.75, 3.05) is 24.9 Å². The monoisotopic (exact) mass is 373 g/mol. The van der Waals surface area contributed by atoms with Gasteiger partial charge in [-0.3, -0.25) is 9.59 Å². The molecule has 0 unspecified atom stereocenters. The fourth-order valence-corrected chi connectivity index (χ4v) is 4.06. The van der Waals surface area contributed by atoms with Crippen LogP contribution in [-0.4, -0.2) is 42.2 Å². The third kappa shape index (κ3) is 3.48. The molecule has 2 aromatic carbocycles. The topological polar surface area (TPSA) is 76.1 Å². The number of aliphatic carboxylic acids is 1. The summed E-state index contributed by atoms with van der Waals surface area (Å²) >= 11 is 1.15. The summed E-state index contributed by atoms with van der Waals surface area (Å²) in [6, 6.07) is 13.6. The number of benzene rings is 2. The Balaban J connectivity index is 2.06. The zero-order chi connectivity index (χ0) is 18.7. The van der Waals surface area contributed by atoms with E-state index in [0.29, 0.717) is 17.2 Å². The van der Waals surface area contributed by atoms with Gasteiger partial charge in [-0.2, -0.15) is 0 Å². The summed E-state index contributed by atoms with van der Waals surface area (Å²) in [5.74, 6) is 0.394. The molecule has 0 aliphatic carbocycles. The molecule has 0 radical (unpaired) electrons. The molecule has 0 aromatic heterocycles. The molecule has 1 aliphatic rings. The summed E-state index contributed by atoms with van der Waals surface area (Å²) in [5, 5.41) is 8.94. The van der Waals surface area contributed by atoms with E-state index in [9.17, 15) is 14.7 Å². The van der Waals surface area contributed by atoms with Crippen molar-refractivity contribution in [3.05, 3.63) is 54.1 Å². The fourth-order valence-electron chi connectivity index (χ4n) is 2.99. The molecule has 136 valence electrons. The third-order valence-corrected chi connectivity index (χ3v) is 5.50. The van der Waals surface area contributed by atoms with Crippen molar-refractivity contribution in [3.8, 4) is 11.5 Å². The fraction of sp³-hybridized carbons (Fsp3) is 0.263. The van der Waals surface area contributed by atoms with E-state index in [2.05, 4.69) is 0 Å². The number of nitrogens with zero attached hydrogens (tertiary/aromatic N) is 1. The van der Waals surface area contributed by atoms with Gasteiger partial charge in [0.1, 0.15) is 16.7 Å². The van der Waals surface area contributed by atoms with Crippen LogP contribution in [0.1, 0.15) is 11.6 Å². The molecule has 1 aliphatic heterocycles. The van der Waals surface area contributed by atoms with Crippen LogP contribution in [0.4, 0.5) is 5.69 Å². The second-order valence-corrected chi connectivity index (χ2v) is 6.88. The first kappa shape index (κ1) is 18.1. The Labute approximate surface area is 155 Å². The first-order chi connectivity index (χ1) is 12.5. The van der Waals surface area contributed by atoms with Gasteiger partial charge in [0.2, 0.25) is 5.91 Å². The number of carboxylic acids is 1. The standard InChI is InChI=1S/C19H19NO5S/c1-24-14-7-3-12(4-8-14)17-18(19(22)23)26-11-16(21)20(17)13-5-9-15(25-2)10-6-13/h3-10,17-18H,11H2,1-2H3,(H,22,23)/t17-,18+/m1/s1. The number of rotatable bonds is 5. The highest BCUT2D eigenvalue weighted by Gasteiger charge is 2.42. The average molecular weight is 373 g/mol. The van der Waals surface area contributed by atoms with Gasteiger partial charge >= 0.3 is 5.97 Å². The molecule has 2 aromatic rings. The predicted octanol–water partition coefficient (Wildman–Crippen LogP) is 2.98. The first-order valence-electron chi connectivity index (χ1n) is 7.99. The van der Waals surface area contributed by atoms with Gasteiger partial charge in [0.25, 0.3) is 0 Å². The summed E-state index contributed by atoms with van der Waals surface area (Å²) in [4.78, 5) is 26.1. The molecule has 0 bridgehead atoms. The molecular formula is C19H19NO5S. The largest absolute Gasteiger partial charge is 0.497 e. The van der Waals surface area contributed by atoms with E-state index in [0.717, 1.165) is 17.3 Å². The van der Waals surface area contributed by atoms with Gasteiger partial charge in [-0.25, -0.2) is 0 Å². The molecule has 1 fully saturated rings. The highest BCUT2D eigenvalue weighted by Crippen LogP contribution is 2.40. The van der Waals surface area contributed by atoms with Crippen LogP contribution in [0.5, 0.6) is 11.5 Å². The van der Waals surface area contributed by atoms with Crippen LogP contribution >= 0.6 is 11.8 Å². The molecular weight excluding hydrogens is 354 g/mol. The molecule has 6 nitrogen and oxygen atoms in total. The van der Waals surface area contributed by atoms with Gasteiger partial charge in [-0.05, 0) is 42.0 Å². The summed E-state index contributed by atoms with van der Waals surface area (Å²) < 4.78 is 10.3. The Kier molecular flexibility index (Phi) is 5.37. The number of anilines is 1. The van der Waals surface area contributed by atoms with Gasteiger partial charge in [0.15, 0.2) is 0 Å². The maximum atomic E-state index is 12.7. The number of hydrogen-bond acceptors (Lipinski definition) is 5. The van der Waals surface area contributed by atoms with Crippen molar-refractivity contribution in [2.24, 2.45) is 0 Å². The van der Waals surface area contributed by atoms with E-state index < -0.39 is 17.3 Å². The molecule has 0 saturated carbocycles. The van der Waals surface area contributed by atoms with Crippen molar-refractivity contribution in [1.29, 1.82) is 0 Å². The van der Waals surface area contributed by atoms with E-state index >= 15 is 0 Å². The van der Waals surface area contributed by atoms with Crippen LogP contribution in [0.25, 0.3) is 0 Å². The zero-order valence-electron chi connectivity index (χ0n) is 14.4. The van der Waals surface area contributed by atoms with E-state index in [-0.39, 0.29) is 11.7 Å². The Hall–Kier alpha value is -2.67. The smallest absolute Gasteiger partial charge is 0.319 e. The zero-order valence-corrected chi connectivity index (χ0v) is 15.2.